The largest absolute Gasteiger partial charge is 0.398 e. The van der Waals surface area contributed by atoms with Crippen LogP contribution < -0.4 is 5.73 Å². The quantitative estimate of drug-likeness (QED) is 0.854. The van der Waals surface area contributed by atoms with Crippen molar-refractivity contribution in [3.8, 4) is 0 Å². The summed E-state index contributed by atoms with van der Waals surface area (Å²) in [6, 6.07) is 5.08. The van der Waals surface area contributed by atoms with Crippen LogP contribution in [-0.2, 0) is 23.3 Å². The second kappa shape index (κ2) is 5.00. The molecule has 0 saturated heterocycles. The number of sulfone groups is 1. The number of nitrogens with zero attached hydrogens (tertiary/aromatic N) is 2. The molecule has 0 aliphatic heterocycles. The smallest absolute Gasteiger partial charge is 0.180 e. The fourth-order valence-electron chi connectivity index (χ4n) is 1.77. The first-order valence-electron chi connectivity index (χ1n) is 5.65. The van der Waals surface area contributed by atoms with Gasteiger partial charge in [-0.1, -0.05) is 0 Å². The van der Waals surface area contributed by atoms with Gasteiger partial charge in [0, 0.05) is 25.4 Å². The van der Waals surface area contributed by atoms with Crippen molar-refractivity contribution in [2.75, 3.05) is 11.5 Å². The summed E-state index contributed by atoms with van der Waals surface area (Å²) in [6.07, 6.45) is 1.90. The van der Waals surface area contributed by atoms with Crippen molar-refractivity contribution >= 4 is 15.5 Å². The van der Waals surface area contributed by atoms with E-state index in [1.807, 2.05) is 0 Å². The zero-order chi connectivity index (χ0) is 14.0. The van der Waals surface area contributed by atoms with Crippen molar-refractivity contribution in [2.45, 2.75) is 11.3 Å². The molecule has 0 amide bonds. The molecule has 19 heavy (non-hydrogen) atoms. The average Bonchev–Trinajstić information content (AvgIpc) is 2.75. The van der Waals surface area contributed by atoms with Gasteiger partial charge in [0.2, 0.25) is 0 Å². The first-order valence-corrected chi connectivity index (χ1v) is 7.30. The standard InChI is InChI=1S/C12H14FN3O2S/c1-16-10(4-6-15-16)5-7-19(17,18)12-8-9(13)2-3-11(12)14/h2-4,6,8H,5,7,14H2,1H3. The molecule has 0 radical (unpaired) electrons. The number of rotatable bonds is 4. The molecular formula is C12H14FN3O2S. The summed E-state index contributed by atoms with van der Waals surface area (Å²) in [5.41, 5.74) is 6.44. The molecule has 7 heteroatoms. The second-order valence-electron chi connectivity index (χ2n) is 4.20. The van der Waals surface area contributed by atoms with E-state index in [-0.39, 0.29) is 16.3 Å². The van der Waals surface area contributed by atoms with Crippen LogP contribution >= 0.6 is 0 Å². The van der Waals surface area contributed by atoms with Gasteiger partial charge in [-0.2, -0.15) is 5.10 Å². The number of anilines is 1. The predicted octanol–water partition coefficient (Wildman–Crippen LogP) is 1.16. The topological polar surface area (TPSA) is 78.0 Å². The zero-order valence-electron chi connectivity index (χ0n) is 10.4. The third kappa shape index (κ3) is 2.93. The summed E-state index contributed by atoms with van der Waals surface area (Å²) in [6.45, 7) is 0. The van der Waals surface area contributed by atoms with Crippen LogP contribution in [0.25, 0.3) is 0 Å². The minimum absolute atomic E-state index is 0.0615. The molecule has 0 fully saturated rings. The number of aryl methyl sites for hydroxylation is 2. The van der Waals surface area contributed by atoms with Gasteiger partial charge in [0.25, 0.3) is 0 Å². The van der Waals surface area contributed by atoms with Crippen LogP contribution in [0.3, 0.4) is 0 Å². The van der Waals surface area contributed by atoms with Gasteiger partial charge in [-0.25, -0.2) is 12.8 Å². The number of aromatic nitrogens is 2. The van der Waals surface area contributed by atoms with Gasteiger partial charge >= 0.3 is 0 Å². The van der Waals surface area contributed by atoms with Crippen LogP contribution in [0.15, 0.2) is 35.4 Å². The van der Waals surface area contributed by atoms with E-state index in [0.717, 1.165) is 17.8 Å². The maximum atomic E-state index is 13.1. The molecule has 2 N–H and O–H groups in total. The van der Waals surface area contributed by atoms with Crippen molar-refractivity contribution in [1.82, 2.24) is 9.78 Å². The number of benzene rings is 1. The number of hydrogen-bond donors (Lipinski definition) is 1. The van der Waals surface area contributed by atoms with Crippen molar-refractivity contribution in [3.05, 3.63) is 42.0 Å². The lowest BCUT2D eigenvalue weighted by Crippen LogP contribution is -2.13. The number of halogens is 1. The van der Waals surface area contributed by atoms with Crippen LogP contribution in [0.5, 0.6) is 0 Å². The molecule has 0 atom stereocenters. The number of nitrogens with two attached hydrogens (primary N) is 1. The normalized spacial score (nSPS) is 11.7. The van der Waals surface area contributed by atoms with E-state index in [4.69, 9.17) is 5.73 Å². The van der Waals surface area contributed by atoms with Gasteiger partial charge in [-0.05, 0) is 24.3 Å². The van der Waals surface area contributed by atoms with E-state index in [2.05, 4.69) is 5.10 Å². The van der Waals surface area contributed by atoms with Gasteiger partial charge in [0.15, 0.2) is 9.84 Å². The van der Waals surface area contributed by atoms with Crippen LogP contribution in [0.4, 0.5) is 10.1 Å². The van der Waals surface area contributed by atoms with E-state index >= 15 is 0 Å². The van der Waals surface area contributed by atoms with E-state index < -0.39 is 15.7 Å². The summed E-state index contributed by atoms with van der Waals surface area (Å²) >= 11 is 0. The summed E-state index contributed by atoms with van der Waals surface area (Å²) in [7, 11) is -1.88. The molecule has 0 aliphatic carbocycles. The lowest BCUT2D eigenvalue weighted by atomic mass is 10.3. The van der Waals surface area contributed by atoms with Crippen LogP contribution in [0.1, 0.15) is 5.69 Å². The Morgan fingerprint density at radius 3 is 2.74 bits per heavy atom. The fourth-order valence-corrected chi connectivity index (χ4v) is 3.19. The van der Waals surface area contributed by atoms with E-state index in [1.165, 1.54) is 6.07 Å². The van der Waals surface area contributed by atoms with Gasteiger partial charge in [-0.3, -0.25) is 4.68 Å². The lowest BCUT2D eigenvalue weighted by Gasteiger charge is -2.07. The third-order valence-corrected chi connectivity index (χ3v) is 4.63. The molecule has 1 heterocycles. The SMILES string of the molecule is Cn1nccc1CCS(=O)(=O)c1cc(F)ccc1N. The molecule has 0 saturated carbocycles. The van der Waals surface area contributed by atoms with Crippen molar-refractivity contribution in [2.24, 2.45) is 7.05 Å². The molecule has 102 valence electrons. The number of nitrogen functional groups attached to an aromatic ring is 1. The highest BCUT2D eigenvalue weighted by atomic mass is 32.2. The Hall–Kier alpha value is -1.89. The molecule has 0 aliphatic rings. The molecule has 0 unspecified atom stereocenters. The molecule has 0 bridgehead atoms. The van der Waals surface area contributed by atoms with E-state index in [9.17, 15) is 12.8 Å². The minimum Gasteiger partial charge on any atom is -0.398 e. The Morgan fingerprint density at radius 1 is 1.37 bits per heavy atom. The van der Waals surface area contributed by atoms with Crippen molar-refractivity contribution < 1.29 is 12.8 Å². The molecular weight excluding hydrogens is 269 g/mol. The molecule has 1 aromatic heterocycles. The van der Waals surface area contributed by atoms with Gasteiger partial charge in [0.1, 0.15) is 5.82 Å². The second-order valence-corrected chi connectivity index (χ2v) is 6.27. The summed E-state index contributed by atoms with van der Waals surface area (Å²) in [5, 5.41) is 3.96. The van der Waals surface area contributed by atoms with Crippen LogP contribution in [0.2, 0.25) is 0 Å². The highest BCUT2D eigenvalue weighted by Crippen LogP contribution is 2.21. The third-order valence-electron chi connectivity index (χ3n) is 2.86. The predicted molar refractivity (Wildman–Crippen MR) is 69.8 cm³/mol. The van der Waals surface area contributed by atoms with Gasteiger partial charge < -0.3 is 5.73 Å². The Kier molecular flexibility index (Phi) is 3.57. The van der Waals surface area contributed by atoms with E-state index in [0.29, 0.717) is 6.42 Å². The van der Waals surface area contributed by atoms with Gasteiger partial charge in [-0.15, -0.1) is 0 Å². The molecule has 5 nitrogen and oxygen atoms in total. The first kappa shape index (κ1) is 13.5. The van der Waals surface area contributed by atoms with Crippen LogP contribution in [0, 0.1) is 5.82 Å². The van der Waals surface area contributed by atoms with Crippen molar-refractivity contribution in [3.63, 3.8) is 0 Å². The average molecular weight is 283 g/mol. The Balaban J connectivity index is 2.23. The van der Waals surface area contributed by atoms with Crippen LogP contribution in [-0.4, -0.2) is 24.0 Å². The maximum Gasteiger partial charge on any atom is 0.180 e. The zero-order valence-corrected chi connectivity index (χ0v) is 11.2. The summed E-state index contributed by atoms with van der Waals surface area (Å²) in [4.78, 5) is -0.158. The summed E-state index contributed by atoms with van der Waals surface area (Å²) < 4.78 is 39.0. The highest BCUT2D eigenvalue weighted by Gasteiger charge is 2.19. The minimum atomic E-state index is -3.61. The highest BCUT2D eigenvalue weighted by molar-refractivity contribution is 7.91. The van der Waals surface area contributed by atoms with Gasteiger partial charge in [0.05, 0.1) is 16.3 Å². The molecule has 2 rings (SSSR count). The summed E-state index contributed by atoms with van der Waals surface area (Å²) in [5.74, 6) is -0.756. The molecule has 0 spiro atoms. The Morgan fingerprint density at radius 2 is 2.11 bits per heavy atom. The van der Waals surface area contributed by atoms with E-state index in [1.54, 1.807) is 24.0 Å². The monoisotopic (exact) mass is 283 g/mol. The molecule has 2 aromatic rings. The Labute approximate surface area is 110 Å². The fraction of sp³-hybridized carbons (Fsp3) is 0.250. The first-order chi connectivity index (χ1) is 8.90. The number of hydrogen-bond acceptors (Lipinski definition) is 4. The maximum absolute atomic E-state index is 13.1. The van der Waals surface area contributed by atoms with Crippen molar-refractivity contribution in [1.29, 1.82) is 0 Å². The Bertz CT molecular complexity index is 695. The lowest BCUT2D eigenvalue weighted by molar-refractivity contribution is 0.589. The molecule has 1 aromatic carbocycles.